The third kappa shape index (κ3) is 2.64. The maximum Gasteiger partial charge on any atom is 0.209 e. The first-order valence-corrected chi connectivity index (χ1v) is 8.76. The van der Waals surface area contributed by atoms with Gasteiger partial charge in [-0.1, -0.05) is 23.7 Å². The first-order chi connectivity index (χ1) is 13.6. The summed E-state index contributed by atoms with van der Waals surface area (Å²) in [6, 6.07) is 9.15. The number of hydrogen-bond donors (Lipinski definition) is 1. The Balaban J connectivity index is 1.88. The molecule has 1 N–H and O–H groups in total. The minimum Gasteiger partial charge on any atom is -0.345 e. The summed E-state index contributed by atoms with van der Waals surface area (Å²) in [7, 11) is 0. The van der Waals surface area contributed by atoms with Gasteiger partial charge < -0.3 is 9.38 Å². The van der Waals surface area contributed by atoms with Gasteiger partial charge in [-0.25, -0.2) is 19.3 Å². The van der Waals surface area contributed by atoms with Crippen LogP contribution in [0.4, 0.5) is 4.39 Å². The predicted molar refractivity (Wildman–Crippen MR) is 105 cm³/mol. The zero-order valence-electron chi connectivity index (χ0n) is 14.2. The van der Waals surface area contributed by atoms with E-state index in [1.807, 2.05) is 0 Å². The SMILES string of the molecule is O=c1cc[nH]c2nc(-c3cccc(F)c3)c(-c3cc(Cl)c4nccn4c3)nc12. The number of H-pyrrole nitrogens is 1. The van der Waals surface area contributed by atoms with Crippen molar-refractivity contribution in [2.45, 2.75) is 0 Å². The third-order valence-electron chi connectivity index (χ3n) is 4.40. The number of fused-ring (bicyclic) bond motifs is 2. The number of nitrogens with zero attached hydrogens (tertiary/aromatic N) is 4. The Morgan fingerprint density at radius 2 is 1.93 bits per heavy atom. The van der Waals surface area contributed by atoms with Gasteiger partial charge in [0, 0.05) is 42.0 Å². The van der Waals surface area contributed by atoms with E-state index in [1.54, 1.807) is 41.2 Å². The molecule has 5 rings (SSSR count). The monoisotopic (exact) mass is 391 g/mol. The van der Waals surface area contributed by atoms with Crippen molar-refractivity contribution >= 4 is 28.4 Å². The van der Waals surface area contributed by atoms with Crippen LogP contribution < -0.4 is 5.43 Å². The Morgan fingerprint density at radius 1 is 1.07 bits per heavy atom. The highest BCUT2D eigenvalue weighted by atomic mass is 35.5. The molecule has 4 heterocycles. The number of halogens is 2. The summed E-state index contributed by atoms with van der Waals surface area (Å²) in [6.45, 7) is 0. The molecule has 136 valence electrons. The normalized spacial score (nSPS) is 11.4. The van der Waals surface area contributed by atoms with Gasteiger partial charge in [0.1, 0.15) is 5.82 Å². The van der Waals surface area contributed by atoms with Crippen molar-refractivity contribution in [3.8, 4) is 22.5 Å². The lowest BCUT2D eigenvalue weighted by atomic mass is 10.0. The van der Waals surface area contributed by atoms with Gasteiger partial charge in [-0.3, -0.25) is 4.79 Å². The molecule has 0 radical (unpaired) electrons. The smallest absolute Gasteiger partial charge is 0.209 e. The predicted octanol–water partition coefficient (Wildman–Crippen LogP) is 4.09. The molecule has 0 aliphatic carbocycles. The van der Waals surface area contributed by atoms with E-state index >= 15 is 0 Å². The maximum absolute atomic E-state index is 13.9. The molecule has 0 fully saturated rings. The van der Waals surface area contributed by atoms with E-state index in [2.05, 4.69) is 19.9 Å². The zero-order valence-corrected chi connectivity index (χ0v) is 15.0. The maximum atomic E-state index is 13.9. The van der Waals surface area contributed by atoms with E-state index in [4.69, 9.17) is 11.6 Å². The Morgan fingerprint density at radius 3 is 2.79 bits per heavy atom. The number of imidazole rings is 1. The fraction of sp³-hybridized carbons (Fsp3) is 0. The fourth-order valence-electron chi connectivity index (χ4n) is 3.14. The van der Waals surface area contributed by atoms with Crippen molar-refractivity contribution in [3.05, 3.63) is 82.2 Å². The molecule has 8 heteroatoms. The number of pyridine rings is 2. The quantitative estimate of drug-likeness (QED) is 0.491. The van der Waals surface area contributed by atoms with Gasteiger partial charge in [0.2, 0.25) is 5.43 Å². The standard InChI is InChI=1S/C20H11ClFN5O/c21-14-9-12(10-27-7-6-24-20(14)27)17-16(11-2-1-3-13(22)8-11)26-19-18(25-17)15(28)4-5-23-19/h1-10H,(H,23,26,28). The van der Waals surface area contributed by atoms with E-state index in [-0.39, 0.29) is 10.9 Å². The summed E-state index contributed by atoms with van der Waals surface area (Å²) in [6.07, 6.45) is 6.69. The van der Waals surface area contributed by atoms with E-state index < -0.39 is 5.82 Å². The summed E-state index contributed by atoms with van der Waals surface area (Å²) < 4.78 is 15.6. The molecule has 0 spiro atoms. The molecular formula is C20H11ClFN5O. The average Bonchev–Trinajstić information content (AvgIpc) is 3.17. The van der Waals surface area contributed by atoms with E-state index in [1.165, 1.54) is 24.4 Å². The number of benzene rings is 1. The molecule has 4 aromatic heterocycles. The molecule has 0 aliphatic rings. The van der Waals surface area contributed by atoms with Gasteiger partial charge in [0.15, 0.2) is 16.8 Å². The van der Waals surface area contributed by atoms with Crippen LogP contribution in [0.15, 0.2) is 66.0 Å². The Kier molecular flexibility index (Phi) is 3.70. The molecule has 0 atom stereocenters. The average molecular weight is 392 g/mol. The second-order valence-electron chi connectivity index (χ2n) is 6.21. The minimum absolute atomic E-state index is 0.194. The topological polar surface area (TPSA) is 75.9 Å². The molecule has 0 saturated carbocycles. The summed E-state index contributed by atoms with van der Waals surface area (Å²) in [5, 5.41) is 0.427. The van der Waals surface area contributed by atoms with E-state index in [0.29, 0.717) is 38.8 Å². The summed E-state index contributed by atoms with van der Waals surface area (Å²) in [5.74, 6) is -0.394. The van der Waals surface area contributed by atoms with Crippen molar-refractivity contribution in [1.82, 2.24) is 24.3 Å². The highest BCUT2D eigenvalue weighted by Gasteiger charge is 2.17. The van der Waals surface area contributed by atoms with Crippen LogP contribution in [0.5, 0.6) is 0 Å². The highest BCUT2D eigenvalue weighted by Crippen LogP contribution is 2.32. The van der Waals surface area contributed by atoms with Gasteiger partial charge in [-0.05, 0) is 18.2 Å². The lowest BCUT2D eigenvalue weighted by Gasteiger charge is -2.11. The van der Waals surface area contributed by atoms with Crippen LogP contribution >= 0.6 is 11.6 Å². The van der Waals surface area contributed by atoms with Gasteiger partial charge in [-0.15, -0.1) is 0 Å². The molecule has 6 nitrogen and oxygen atoms in total. The lowest BCUT2D eigenvalue weighted by Crippen LogP contribution is -2.07. The van der Waals surface area contributed by atoms with Crippen LogP contribution in [0.25, 0.3) is 39.3 Å². The molecule has 0 bridgehead atoms. The Bertz CT molecular complexity index is 1430. The number of hydrogen-bond acceptors (Lipinski definition) is 4. The minimum atomic E-state index is -0.394. The molecular weight excluding hydrogens is 381 g/mol. The van der Waals surface area contributed by atoms with Crippen molar-refractivity contribution in [1.29, 1.82) is 0 Å². The van der Waals surface area contributed by atoms with Gasteiger partial charge in [0.05, 0.1) is 16.4 Å². The fourth-order valence-corrected chi connectivity index (χ4v) is 3.41. The molecule has 0 aliphatic heterocycles. The molecule has 1 aromatic carbocycles. The zero-order chi connectivity index (χ0) is 19.3. The number of rotatable bonds is 2. The van der Waals surface area contributed by atoms with Crippen LogP contribution in [-0.4, -0.2) is 24.3 Å². The Labute approximate surface area is 162 Å². The molecule has 28 heavy (non-hydrogen) atoms. The first-order valence-electron chi connectivity index (χ1n) is 8.38. The van der Waals surface area contributed by atoms with Crippen LogP contribution in [0.2, 0.25) is 5.02 Å². The third-order valence-corrected chi connectivity index (χ3v) is 4.68. The van der Waals surface area contributed by atoms with Crippen LogP contribution in [0.3, 0.4) is 0 Å². The lowest BCUT2D eigenvalue weighted by molar-refractivity contribution is 0.628. The highest BCUT2D eigenvalue weighted by molar-refractivity contribution is 6.33. The van der Waals surface area contributed by atoms with E-state index in [9.17, 15) is 9.18 Å². The van der Waals surface area contributed by atoms with Crippen LogP contribution in [0.1, 0.15) is 0 Å². The number of aromatic amines is 1. The Hall–Kier alpha value is -3.58. The van der Waals surface area contributed by atoms with Gasteiger partial charge in [0.25, 0.3) is 0 Å². The summed E-state index contributed by atoms with van der Waals surface area (Å²) >= 11 is 6.37. The second kappa shape index (κ2) is 6.24. The molecule has 0 unspecified atom stereocenters. The summed E-state index contributed by atoms with van der Waals surface area (Å²) in [5.41, 5.74) is 2.89. The largest absolute Gasteiger partial charge is 0.345 e. The second-order valence-corrected chi connectivity index (χ2v) is 6.61. The van der Waals surface area contributed by atoms with Crippen molar-refractivity contribution < 1.29 is 4.39 Å². The molecule has 0 amide bonds. The van der Waals surface area contributed by atoms with Crippen molar-refractivity contribution in [3.63, 3.8) is 0 Å². The van der Waals surface area contributed by atoms with Gasteiger partial charge >= 0.3 is 0 Å². The van der Waals surface area contributed by atoms with Crippen molar-refractivity contribution in [2.24, 2.45) is 0 Å². The first kappa shape index (κ1) is 16.6. The molecule has 0 saturated heterocycles. The van der Waals surface area contributed by atoms with Crippen LogP contribution in [0, 0.1) is 5.82 Å². The van der Waals surface area contributed by atoms with E-state index in [0.717, 1.165) is 0 Å². The summed E-state index contributed by atoms with van der Waals surface area (Å²) in [4.78, 5) is 28.5. The number of nitrogens with one attached hydrogen (secondary N) is 1. The molecule has 5 aromatic rings. The number of aromatic nitrogens is 5. The van der Waals surface area contributed by atoms with Crippen molar-refractivity contribution in [2.75, 3.05) is 0 Å². The van der Waals surface area contributed by atoms with Crippen LogP contribution in [-0.2, 0) is 0 Å². The van der Waals surface area contributed by atoms with Gasteiger partial charge in [-0.2, -0.15) is 0 Å².